The first-order valence-electron chi connectivity index (χ1n) is 7.29. The maximum Gasteiger partial charge on any atom is 0.161 e. The van der Waals surface area contributed by atoms with Gasteiger partial charge in [-0.05, 0) is 49.9 Å². The Morgan fingerprint density at radius 1 is 1.10 bits per heavy atom. The van der Waals surface area contributed by atoms with Gasteiger partial charge in [-0.25, -0.2) is 0 Å². The van der Waals surface area contributed by atoms with Crippen LogP contribution in [0.15, 0.2) is 42.5 Å². The minimum absolute atomic E-state index is 0.152. The smallest absolute Gasteiger partial charge is 0.161 e. The van der Waals surface area contributed by atoms with Crippen molar-refractivity contribution in [2.75, 3.05) is 6.61 Å². The highest BCUT2D eigenvalue weighted by Gasteiger charge is 2.09. The molecule has 2 aromatic carbocycles. The molecule has 1 unspecified atom stereocenters. The van der Waals surface area contributed by atoms with Crippen LogP contribution in [0, 0.1) is 6.92 Å². The normalized spacial score (nSPS) is 12.1. The molecule has 21 heavy (non-hydrogen) atoms. The molecule has 2 aromatic rings. The monoisotopic (exact) mass is 286 g/mol. The molecule has 2 rings (SSSR count). The second kappa shape index (κ2) is 7.14. The predicted molar refractivity (Wildman–Crippen MR) is 83.7 cm³/mol. The number of aromatic hydroxyl groups is 1. The zero-order valence-electron chi connectivity index (χ0n) is 12.5. The average Bonchev–Trinajstić information content (AvgIpc) is 2.48. The molecule has 0 bridgehead atoms. The lowest BCUT2D eigenvalue weighted by molar-refractivity contribution is 0.168. The molecule has 0 aromatic heterocycles. The average molecular weight is 286 g/mol. The van der Waals surface area contributed by atoms with E-state index in [1.807, 2.05) is 50.2 Å². The van der Waals surface area contributed by atoms with E-state index in [0.29, 0.717) is 18.8 Å². The van der Waals surface area contributed by atoms with E-state index < -0.39 is 6.10 Å². The molecule has 112 valence electrons. The number of aliphatic hydroxyl groups is 1. The maximum atomic E-state index is 10.2. The zero-order chi connectivity index (χ0) is 15.2. The van der Waals surface area contributed by atoms with Gasteiger partial charge in [0, 0.05) is 0 Å². The summed E-state index contributed by atoms with van der Waals surface area (Å²) in [7, 11) is 0. The van der Waals surface area contributed by atoms with Crippen molar-refractivity contribution in [3.63, 3.8) is 0 Å². The van der Waals surface area contributed by atoms with Gasteiger partial charge >= 0.3 is 0 Å². The number of ether oxygens (including phenoxy) is 1. The van der Waals surface area contributed by atoms with Gasteiger partial charge in [0.1, 0.15) is 0 Å². The summed E-state index contributed by atoms with van der Waals surface area (Å²) in [6.45, 7) is 4.43. The SMILES string of the molecule is CCOc1cc(CCC(O)c2ccc(C)cc2)ccc1O. The lowest BCUT2D eigenvalue weighted by Gasteiger charge is -2.12. The van der Waals surface area contributed by atoms with Crippen LogP contribution in [0.3, 0.4) is 0 Å². The maximum absolute atomic E-state index is 10.2. The van der Waals surface area contributed by atoms with E-state index in [4.69, 9.17) is 4.74 Å². The van der Waals surface area contributed by atoms with Crippen LogP contribution in [-0.2, 0) is 6.42 Å². The van der Waals surface area contributed by atoms with Gasteiger partial charge in [-0.2, -0.15) is 0 Å². The molecule has 0 aliphatic carbocycles. The minimum atomic E-state index is -0.477. The highest BCUT2D eigenvalue weighted by atomic mass is 16.5. The van der Waals surface area contributed by atoms with Crippen LogP contribution in [0.25, 0.3) is 0 Å². The molecule has 0 aliphatic rings. The minimum Gasteiger partial charge on any atom is -0.504 e. The number of rotatable bonds is 6. The van der Waals surface area contributed by atoms with Gasteiger partial charge < -0.3 is 14.9 Å². The van der Waals surface area contributed by atoms with Crippen LogP contribution in [-0.4, -0.2) is 16.8 Å². The van der Waals surface area contributed by atoms with Gasteiger partial charge in [0.2, 0.25) is 0 Å². The van der Waals surface area contributed by atoms with Gasteiger partial charge in [-0.3, -0.25) is 0 Å². The second-order valence-corrected chi connectivity index (χ2v) is 5.20. The first kappa shape index (κ1) is 15.4. The van der Waals surface area contributed by atoms with Crippen molar-refractivity contribution < 1.29 is 14.9 Å². The van der Waals surface area contributed by atoms with E-state index in [1.165, 1.54) is 5.56 Å². The first-order chi connectivity index (χ1) is 10.1. The van der Waals surface area contributed by atoms with E-state index in [1.54, 1.807) is 6.07 Å². The fourth-order valence-corrected chi connectivity index (χ4v) is 2.24. The fraction of sp³-hybridized carbons (Fsp3) is 0.333. The summed E-state index contributed by atoms with van der Waals surface area (Å²) in [6, 6.07) is 13.3. The molecule has 2 N–H and O–H groups in total. The van der Waals surface area contributed by atoms with Gasteiger partial charge in [0.05, 0.1) is 12.7 Å². The van der Waals surface area contributed by atoms with Crippen LogP contribution in [0.1, 0.15) is 36.1 Å². The van der Waals surface area contributed by atoms with Crippen LogP contribution < -0.4 is 4.74 Å². The Bertz CT molecular complexity index is 576. The Labute approximate surface area is 125 Å². The number of phenols is 1. The third kappa shape index (κ3) is 4.23. The summed E-state index contributed by atoms with van der Waals surface area (Å²) in [5.41, 5.74) is 3.16. The van der Waals surface area contributed by atoms with E-state index in [2.05, 4.69) is 0 Å². The van der Waals surface area contributed by atoms with Crippen LogP contribution >= 0.6 is 0 Å². The molecular formula is C18H22O3. The molecule has 0 heterocycles. The van der Waals surface area contributed by atoms with Crippen molar-refractivity contribution >= 4 is 0 Å². The second-order valence-electron chi connectivity index (χ2n) is 5.20. The Hall–Kier alpha value is -2.00. The lowest BCUT2D eigenvalue weighted by Crippen LogP contribution is -2.00. The Morgan fingerprint density at radius 3 is 2.48 bits per heavy atom. The summed E-state index contributed by atoms with van der Waals surface area (Å²) in [5, 5.41) is 19.9. The highest BCUT2D eigenvalue weighted by molar-refractivity contribution is 5.41. The molecule has 0 aliphatic heterocycles. The van der Waals surface area contributed by atoms with Crippen molar-refractivity contribution in [1.29, 1.82) is 0 Å². The molecule has 0 saturated heterocycles. The van der Waals surface area contributed by atoms with Gasteiger partial charge in [-0.1, -0.05) is 35.9 Å². The number of hydrogen-bond donors (Lipinski definition) is 2. The number of hydrogen-bond acceptors (Lipinski definition) is 3. The molecular weight excluding hydrogens is 264 g/mol. The molecule has 3 heteroatoms. The summed E-state index contributed by atoms with van der Waals surface area (Å²) < 4.78 is 5.37. The van der Waals surface area contributed by atoms with E-state index >= 15 is 0 Å². The summed E-state index contributed by atoms with van der Waals surface area (Å²) in [6.07, 6.45) is 0.893. The predicted octanol–water partition coefficient (Wildman–Crippen LogP) is 3.77. The van der Waals surface area contributed by atoms with Crippen molar-refractivity contribution in [1.82, 2.24) is 0 Å². The standard InChI is InChI=1S/C18H22O3/c1-3-21-18-12-14(7-11-17(18)20)6-10-16(19)15-8-4-13(2)5-9-15/h4-5,7-9,11-12,16,19-20H,3,6,10H2,1-2H3. The molecule has 3 nitrogen and oxygen atoms in total. The van der Waals surface area contributed by atoms with Crippen molar-refractivity contribution in [3.05, 3.63) is 59.2 Å². The Kier molecular flexibility index (Phi) is 5.23. The zero-order valence-corrected chi connectivity index (χ0v) is 12.5. The van der Waals surface area contributed by atoms with Crippen molar-refractivity contribution in [2.45, 2.75) is 32.8 Å². The third-order valence-corrected chi connectivity index (χ3v) is 3.49. The van der Waals surface area contributed by atoms with E-state index in [9.17, 15) is 10.2 Å². The fourth-order valence-electron chi connectivity index (χ4n) is 2.24. The largest absolute Gasteiger partial charge is 0.504 e. The molecule has 0 saturated carbocycles. The van der Waals surface area contributed by atoms with Crippen LogP contribution in [0.2, 0.25) is 0 Å². The number of benzene rings is 2. The third-order valence-electron chi connectivity index (χ3n) is 3.49. The van der Waals surface area contributed by atoms with Crippen LogP contribution in [0.5, 0.6) is 11.5 Å². The van der Waals surface area contributed by atoms with Gasteiger partial charge in [-0.15, -0.1) is 0 Å². The molecule has 0 spiro atoms. The molecule has 0 radical (unpaired) electrons. The number of aliphatic hydroxyl groups excluding tert-OH is 1. The summed E-state index contributed by atoms with van der Waals surface area (Å²) >= 11 is 0. The first-order valence-corrected chi connectivity index (χ1v) is 7.29. The summed E-state index contributed by atoms with van der Waals surface area (Å²) in [4.78, 5) is 0. The van der Waals surface area contributed by atoms with E-state index in [0.717, 1.165) is 17.5 Å². The molecule has 0 amide bonds. The quantitative estimate of drug-likeness (QED) is 0.850. The number of aryl methyl sites for hydroxylation is 2. The molecule has 0 fully saturated rings. The molecule has 1 atom stereocenters. The van der Waals surface area contributed by atoms with Crippen LogP contribution in [0.4, 0.5) is 0 Å². The Morgan fingerprint density at radius 2 is 1.81 bits per heavy atom. The van der Waals surface area contributed by atoms with Crippen molar-refractivity contribution in [2.24, 2.45) is 0 Å². The number of phenolic OH excluding ortho intramolecular Hbond substituents is 1. The van der Waals surface area contributed by atoms with Gasteiger partial charge in [0.15, 0.2) is 11.5 Å². The van der Waals surface area contributed by atoms with Gasteiger partial charge in [0.25, 0.3) is 0 Å². The van der Waals surface area contributed by atoms with Crippen molar-refractivity contribution in [3.8, 4) is 11.5 Å². The topological polar surface area (TPSA) is 49.7 Å². The lowest BCUT2D eigenvalue weighted by atomic mass is 10.0. The highest BCUT2D eigenvalue weighted by Crippen LogP contribution is 2.28. The Balaban J connectivity index is 1.99. The van der Waals surface area contributed by atoms with E-state index in [-0.39, 0.29) is 5.75 Å². The summed E-state index contributed by atoms with van der Waals surface area (Å²) in [5.74, 6) is 0.652.